The van der Waals surface area contributed by atoms with Crippen molar-refractivity contribution < 1.29 is 9.47 Å². The number of thiocarbonyl (C=S) groups is 1. The number of methoxy groups -OCH3 is 2. The first kappa shape index (κ1) is 16.9. The number of nitrogens with two attached hydrogens (primary N) is 1. The molecule has 25 heavy (non-hydrogen) atoms. The van der Waals surface area contributed by atoms with Gasteiger partial charge in [0.1, 0.15) is 10.8 Å². The zero-order valence-corrected chi connectivity index (χ0v) is 15.0. The van der Waals surface area contributed by atoms with Crippen molar-refractivity contribution in [3.63, 3.8) is 0 Å². The van der Waals surface area contributed by atoms with Crippen LogP contribution in [0, 0.1) is 0 Å². The average molecular weight is 354 g/mol. The third-order valence-corrected chi connectivity index (χ3v) is 4.10. The van der Waals surface area contributed by atoms with Crippen molar-refractivity contribution >= 4 is 40.0 Å². The number of imidazole rings is 1. The predicted molar refractivity (Wildman–Crippen MR) is 103 cm³/mol. The van der Waals surface area contributed by atoms with E-state index >= 15 is 0 Å². The first-order chi connectivity index (χ1) is 12.0. The summed E-state index contributed by atoms with van der Waals surface area (Å²) in [5.41, 5.74) is 9.05. The highest BCUT2D eigenvalue weighted by molar-refractivity contribution is 7.81. The molecule has 7 heteroatoms. The highest BCUT2D eigenvalue weighted by Gasteiger charge is 2.15. The lowest BCUT2D eigenvalue weighted by Gasteiger charge is -2.10. The summed E-state index contributed by atoms with van der Waals surface area (Å²) in [6, 6.07) is 9.41. The Balaban J connectivity index is 2.14. The maximum atomic E-state index is 5.97. The Labute approximate surface area is 150 Å². The second-order valence-electron chi connectivity index (χ2n) is 5.38. The quantitative estimate of drug-likeness (QED) is 0.561. The van der Waals surface area contributed by atoms with Gasteiger partial charge in [-0.05, 0) is 35.9 Å². The molecule has 0 atom stereocenters. The molecule has 0 amide bonds. The number of rotatable bonds is 5. The molecule has 2 N–H and O–H groups in total. The summed E-state index contributed by atoms with van der Waals surface area (Å²) in [6.45, 7) is 0. The second kappa shape index (κ2) is 6.90. The molecular formula is C18H18N4O2S. The van der Waals surface area contributed by atoms with E-state index in [2.05, 4.69) is 9.97 Å². The zero-order chi connectivity index (χ0) is 18.0. The molecule has 2 heterocycles. The molecule has 2 aromatic heterocycles. The molecule has 0 saturated heterocycles. The maximum absolute atomic E-state index is 5.97. The largest absolute Gasteiger partial charge is 0.493 e. The molecule has 0 unspecified atom stereocenters. The lowest BCUT2D eigenvalue weighted by molar-refractivity contribution is 0.355. The van der Waals surface area contributed by atoms with E-state index < -0.39 is 0 Å². The first-order valence-electron chi connectivity index (χ1n) is 7.56. The molecular weight excluding hydrogens is 336 g/mol. The first-order valence-corrected chi connectivity index (χ1v) is 7.97. The molecule has 1 aromatic carbocycles. The zero-order valence-electron chi connectivity index (χ0n) is 14.2. The van der Waals surface area contributed by atoms with Crippen molar-refractivity contribution in [1.29, 1.82) is 0 Å². The monoisotopic (exact) mass is 354 g/mol. The molecule has 0 bridgehead atoms. The SMILES string of the molecule is COc1ccc(/C=C(\C(N)=S)c2nc3ncccc3n2C)cc1OC. The molecule has 0 radical (unpaired) electrons. The highest BCUT2D eigenvalue weighted by Crippen LogP contribution is 2.29. The fourth-order valence-corrected chi connectivity index (χ4v) is 2.77. The summed E-state index contributed by atoms with van der Waals surface area (Å²) >= 11 is 5.25. The van der Waals surface area contributed by atoms with Crippen LogP contribution in [0.15, 0.2) is 36.5 Å². The van der Waals surface area contributed by atoms with Crippen molar-refractivity contribution in [2.24, 2.45) is 12.8 Å². The third-order valence-electron chi connectivity index (χ3n) is 3.88. The van der Waals surface area contributed by atoms with Gasteiger partial charge in [0.2, 0.25) is 0 Å². The molecule has 6 nitrogen and oxygen atoms in total. The van der Waals surface area contributed by atoms with Crippen LogP contribution in [-0.4, -0.2) is 33.7 Å². The molecule has 0 aliphatic carbocycles. The Kier molecular flexibility index (Phi) is 4.67. The van der Waals surface area contributed by atoms with E-state index in [1.807, 2.05) is 48.0 Å². The standard InChI is InChI=1S/C18H18N4O2S/c1-22-13-5-4-8-20-17(13)21-18(22)12(16(19)25)9-11-6-7-14(23-2)15(10-11)24-3/h4-10H,1-3H3,(H2,19,25)/b12-9+. The van der Waals surface area contributed by atoms with Gasteiger partial charge in [-0.15, -0.1) is 0 Å². The van der Waals surface area contributed by atoms with E-state index in [4.69, 9.17) is 27.4 Å². The Morgan fingerprint density at radius 1 is 1.20 bits per heavy atom. The van der Waals surface area contributed by atoms with Gasteiger partial charge in [-0.2, -0.15) is 0 Å². The van der Waals surface area contributed by atoms with Gasteiger partial charge in [0.15, 0.2) is 17.1 Å². The van der Waals surface area contributed by atoms with Crippen LogP contribution < -0.4 is 15.2 Å². The molecule has 3 rings (SSSR count). The van der Waals surface area contributed by atoms with Crippen LogP contribution in [0.25, 0.3) is 22.8 Å². The van der Waals surface area contributed by atoms with Crippen LogP contribution in [0.1, 0.15) is 11.4 Å². The van der Waals surface area contributed by atoms with Crippen LogP contribution in [0.5, 0.6) is 11.5 Å². The number of pyridine rings is 1. The third kappa shape index (κ3) is 3.18. The van der Waals surface area contributed by atoms with Gasteiger partial charge in [-0.1, -0.05) is 18.3 Å². The molecule has 0 saturated carbocycles. The smallest absolute Gasteiger partial charge is 0.178 e. The van der Waals surface area contributed by atoms with E-state index in [0.29, 0.717) is 28.5 Å². The minimum absolute atomic E-state index is 0.258. The molecule has 0 aliphatic heterocycles. The van der Waals surface area contributed by atoms with Crippen LogP contribution in [-0.2, 0) is 7.05 Å². The van der Waals surface area contributed by atoms with Crippen LogP contribution in [0.4, 0.5) is 0 Å². The van der Waals surface area contributed by atoms with Crippen molar-refractivity contribution in [2.75, 3.05) is 14.2 Å². The van der Waals surface area contributed by atoms with E-state index in [1.165, 1.54) is 0 Å². The molecule has 0 spiro atoms. The average Bonchev–Trinajstić information content (AvgIpc) is 2.96. The summed E-state index contributed by atoms with van der Waals surface area (Å²) in [7, 11) is 5.10. The van der Waals surface area contributed by atoms with Gasteiger partial charge in [-0.25, -0.2) is 9.97 Å². The molecule has 0 aliphatic rings. The van der Waals surface area contributed by atoms with E-state index in [-0.39, 0.29) is 4.99 Å². The van der Waals surface area contributed by atoms with Crippen LogP contribution in [0.2, 0.25) is 0 Å². The Bertz CT molecular complexity index is 978. The fraction of sp³-hybridized carbons (Fsp3) is 0.167. The van der Waals surface area contributed by atoms with Gasteiger partial charge < -0.3 is 19.8 Å². The van der Waals surface area contributed by atoms with Crippen molar-refractivity contribution in [2.45, 2.75) is 0 Å². The van der Waals surface area contributed by atoms with Crippen LogP contribution in [0.3, 0.4) is 0 Å². The summed E-state index contributed by atoms with van der Waals surface area (Å²) in [4.78, 5) is 9.11. The van der Waals surface area contributed by atoms with Gasteiger partial charge in [-0.3, -0.25) is 0 Å². The van der Waals surface area contributed by atoms with Gasteiger partial charge in [0, 0.05) is 13.2 Å². The van der Waals surface area contributed by atoms with E-state index in [1.54, 1.807) is 20.4 Å². The number of hydrogen-bond donors (Lipinski definition) is 1. The normalized spacial score (nSPS) is 11.6. The van der Waals surface area contributed by atoms with Gasteiger partial charge in [0.05, 0.1) is 25.3 Å². The van der Waals surface area contributed by atoms with Crippen molar-refractivity contribution in [3.05, 3.63) is 47.9 Å². The summed E-state index contributed by atoms with van der Waals surface area (Å²) in [5.74, 6) is 1.95. The summed E-state index contributed by atoms with van der Waals surface area (Å²) < 4.78 is 12.5. The van der Waals surface area contributed by atoms with E-state index in [0.717, 1.165) is 11.1 Å². The minimum Gasteiger partial charge on any atom is -0.493 e. The predicted octanol–water partition coefficient (Wildman–Crippen LogP) is 2.81. The van der Waals surface area contributed by atoms with Crippen molar-refractivity contribution in [3.8, 4) is 11.5 Å². The summed E-state index contributed by atoms with van der Waals surface area (Å²) in [6.07, 6.45) is 3.59. The molecule has 128 valence electrons. The fourth-order valence-electron chi connectivity index (χ4n) is 2.62. The highest BCUT2D eigenvalue weighted by atomic mass is 32.1. The topological polar surface area (TPSA) is 75.2 Å². The van der Waals surface area contributed by atoms with Crippen molar-refractivity contribution in [1.82, 2.24) is 14.5 Å². The number of benzene rings is 1. The van der Waals surface area contributed by atoms with Gasteiger partial charge in [0.25, 0.3) is 0 Å². The van der Waals surface area contributed by atoms with E-state index in [9.17, 15) is 0 Å². The van der Waals surface area contributed by atoms with Gasteiger partial charge >= 0.3 is 0 Å². The Morgan fingerprint density at radius 3 is 2.60 bits per heavy atom. The number of ether oxygens (including phenoxy) is 2. The lowest BCUT2D eigenvalue weighted by atomic mass is 10.1. The lowest BCUT2D eigenvalue weighted by Crippen LogP contribution is -2.13. The second-order valence-corrected chi connectivity index (χ2v) is 5.82. The minimum atomic E-state index is 0.258. The number of aryl methyl sites for hydroxylation is 1. The number of fused-ring (bicyclic) bond motifs is 1. The number of aromatic nitrogens is 3. The Morgan fingerprint density at radius 2 is 1.96 bits per heavy atom. The van der Waals surface area contributed by atoms with Crippen LogP contribution >= 0.6 is 12.2 Å². The number of hydrogen-bond acceptors (Lipinski definition) is 5. The number of nitrogens with zero attached hydrogens (tertiary/aromatic N) is 3. The molecule has 3 aromatic rings. The Hall–Kier alpha value is -2.93. The maximum Gasteiger partial charge on any atom is 0.178 e. The summed E-state index contributed by atoms with van der Waals surface area (Å²) in [5, 5.41) is 0. The molecule has 0 fully saturated rings.